The van der Waals surface area contributed by atoms with E-state index in [9.17, 15) is 4.79 Å². The summed E-state index contributed by atoms with van der Waals surface area (Å²) in [7, 11) is 2.02. The predicted molar refractivity (Wildman–Crippen MR) is 48.8 cm³/mol. The first-order valence-electron chi connectivity index (χ1n) is 4.30. The molecule has 0 aliphatic carbocycles. The molecule has 76 valence electrons. The zero-order valence-corrected chi connectivity index (χ0v) is 8.42. The predicted octanol–water partition coefficient (Wildman–Crippen LogP) is 1.43. The lowest BCUT2D eigenvalue weighted by Gasteiger charge is -2.18. The maximum atomic E-state index is 10.8. The number of likely N-dealkylation sites (N-methyl/N-ethyl adjacent to an activating group) is 1. The standard InChI is InChI=1S/C8H14ClNO3/c1-10-4-2-3-7(10)5-12-8(11)13-6-9/h7H,2-6H2,1H3/t7-/m0/s1. The van der Waals surface area contributed by atoms with Gasteiger partial charge in [-0.25, -0.2) is 4.79 Å². The van der Waals surface area contributed by atoms with Crippen LogP contribution in [0.5, 0.6) is 0 Å². The van der Waals surface area contributed by atoms with Gasteiger partial charge < -0.3 is 14.4 Å². The van der Waals surface area contributed by atoms with Crippen molar-refractivity contribution in [1.82, 2.24) is 4.90 Å². The van der Waals surface area contributed by atoms with Crippen LogP contribution in [0.3, 0.4) is 0 Å². The van der Waals surface area contributed by atoms with Gasteiger partial charge >= 0.3 is 6.16 Å². The van der Waals surface area contributed by atoms with Crippen LogP contribution < -0.4 is 0 Å². The Hall–Kier alpha value is -0.480. The average Bonchev–Trinajstić information content (AvgIpc) is 2.48. The van der Waals surface area contributed by atoms with E-state index in [1.54, 1.807) is 0 Å². The SMILES string of the molecule is CN1CCC[C@H]1COC(=O)OCCl. The molecular weight excluding hydrogens is 194 g/mol. The third kappa shape index (κ3) is 3.40. The number of likely N-dealkylation sites (tertiary alicyclic amines) is 1. The van der Waals surface area contributed by atoms with E-state index in [2.05, 4.69) is 9.64 Å². The minimum absolute atomic E-state index is 0.153. The van der Waals surface area contributed by atoms with Crippen molar-refractivity contribution in [3.05, 3.63) is 0 Å². The van der Waals surface area contributed by atoms with Crippen molar-refractivity contribution in [3.8, 4) is 0 Å². The summed E-state index contributed by atoms with van der Waals surface area (Å²) in [5.41, 5.74) is 0. The quantitative estimate of drug-likeness (QED) is 0.519. The maximum absolute atomic E-state index is 10.8. The molecule has 0 aromatic heterocycles. The summed E-state index contributed by atoms with van der Waals surface area (Å²) in [5, 5.41) is 0. The molecule has 5 heteroatoms. The van der Waals surface area contributed by atoms with Crippen LogP contribution in [0.2, 0.25) is 0 Å². The molecule has 0 N–H and O–H groups in total. The number of carbonyl (C=O) groups excluding carboxylic acids is 1. The second kappa shape index (κ2) is 5.29. The summed E-state index contributed by atoms with van der Waals surface area (Å²) in [6.07, 6.45) is 1.55. The van der Waals surface area contributed by atoms with Crippen molar-refractivity contribution < 1.29 is 14.3 Å². The molecular formula is C8H14ClNO3. The van der Waals surface area contributed by atoms with Gasteiger partial charge in [0.05, 0.1) is 0 Å². The van der Waals surface area contributed by atoms with Crippen LogP contribution in [-0.4, -0.2) is 43.4 Å². The first kappa shape index (κ1) is 10.6. The van der Waals surface area contributed by atoms with Gasteiger partial charge in [-0.15, -0.1) is 0 Å². The Balaban J connectivity index is 2.14. The first-order chi connectivity index (χ1) is 6.24. The number of ether oxygens (including phenoxy) is 2. The summed E-state index contributed by atoms with van der Waals surface area (Å²) in [4.78, 5) is 12.9. The molecule has 13 heavy (non-hydrogen) atoms. The second-order valence-electron chi connectivity index (χ2n) is 3.09. The number of alkyl halides is 1. The van der Waals surface area contributed by atoms with Gasteiger partial charge in [-0.3, -0.25) is 0 Å². The number of carbonyl (C=O) groups is 1. The first-order valence-corrected chi connectivity index (χ1v) is 4.83. The molecule has 1 aliphatic rings. The van der Waals surface area contributed by atoms with Gasteiger partial charge in [0.1, 0.15) is 6.61 Å². The Morgan fingerprint density at radius 1 is 1.62 bits per heavy atom. The molecule has 0 unspecified atom stereocenters. The molecule has 1 atom stereocenters. The largest absolute Gasteiger partial charge is 0.509 e. The van der Waals surface area contributed by atoms with Crippen LogP contribution in [0.1, 0.15) is 12.8 Å². The number of hydrogen-bond acceptors (Lipinski definition) is 4. The van der Waals surface area contributed by atoms with Gasteiger partial charge in [-0.2, -0.15) is 0 Å². The molecule has 0 amide bonds. The zero-order valence-electron chi connectivity index (χ0n) is 7.66. The average molecular weight is 208 g/mol. The highest BCUT2D eigenvalue weighted by molar-refractivity contribution is 6.17. The highest BCUT2D eigenvalue weighted by Gasteiger charge is 2.22. The minimum atomic E-state index is -0.685. The van der Waals surface area contributed by atoms with Crippen molar-refractivity contribution >= 4 is 17.8 Å². The topological polar surface area (TPSA) is 38.8 Å². The van der Waals surface area contributed by atoms with E-state index in [1.165, 1.54) is 0 Å². The summed E-state index contributed by atoms with van der Waals surface area (Å²) >= 11 is 5.19. The van der Waals surface area contributed by atoms with Crippen LogP contribution in [0.4, 0.5) is 4.79 Å². The fraction of sp³-hybridized carbons (Fsp3) is 0.875. The number of halogens is 1. The van der Waals surface area contributed by atoms with E-state index < -0.39 is 6.16 Å². The fourth-order valence-corrected chi connectivity index (χ4v) is 1.53. The van der Waals surface area contributed by atoms with E-state index in [1.807, 2.05) is 7.05 Å². The van der Waals surface area contributed by atoms with Crippen LogP contribution in [-0.2, 0) is 9.47 Å². The highest BCUT2D eigenvalue weighted by Crippen LogP contribution is 2.14. The highest BCUT2D eigenvalue weighted by atomic mass is 35.5. The maximum Gasteiger partial charge on any atom is 0.509 e. The van der Waals surface area contributed by atoms with Gasteiger partial charge in [0.25, 0.3) is 0 Å². The zero-order chi connectivity index (χ0) is 9.68. The van der Waals surface area contributed by atoms with Crippen molar-refractivity contribution in [2.24, 2.45) is 0 Å². The molecule has 1 aliphatic heterocycles. The smallest absolute Gasteiger partial charge is 0.433 e. The van der Waals surface area contributed by atoms with Crippen molar-refractivity contribution in [3.63, 3.8) is 0 Å². The van der Waals surface area contributed by atoms with Crippen LogP contribution >= 0.6 is 11.6 Å². The molecule has 0 saturated carbocycles. The molecule has 1 saturated heterocycles. The van der Waals surface area contributed by atoms with E-state index in [0.29, 0.717) is 12.6 Å². The molecule has 1 heterocycles. The lowest BCUT2D eigenvalue weighted by Crippen LogP contribution is -2.30. The van der Waals surface area contributed by atoms with E-state index in [4.69, 9.17) is 16.3 Å². The Bertz CT molecular complexity index is 177. The molecule has 4 nitrogen and oxygen atoms in total. The van der Waals surface area contributed by atoms with Gasteiger partial charge in [0, 0.05) is 6.04 Å². The van der Waals surface area contributed by atoms with E-state index in [-0.39, 0.29) is 6.07 Å². The Morgan fingerprint density at radius 3 is 2.92 bits per heavy atom. The fourth-order valence-electron chi connectivity index (χ4n) is 1.44. The van der Waals surface area contributed by atoms with Gasteiger partial charge in [-0.1, -0.05) is 11.6 Å². The Kier molecular flexibility index (Phi) is 4.32. The van der Waals surface area contributed by atoms with Crippen molar-refractivity contribution in [1.29, 1.82) is 0 Å². The van der Waals surface area contributed by atoms with Gasteiger partial charge in [-0.05, 0) is 26.4 Å². The number of hydrogen-bond donors (Lipinski definition) is 0. The molecule has 0 radical (unpaired) electrons. The molecule has 0 aromatic carbocycles. The Labute approximate surface area is 82.7 Å². The lowest BCUT2D eigenvalue weighted by molar-refractivity contribution is 0.0512. The lowest BCUT2D eigenvalue weighted by atomic mass is 10.2. The summed E-state index contributed by atoms with van der Waals surface area (Å²) in [6.45, 7) is 1.46. The molecule has 0 spiro atoms. The third-order valence-electron chi connectivity index (χ3n) is 2.24. The van der Waals surface area contributed by atoms with Gasteiger partial charge in [0.2, 0.25) is 0 Å². The molecule has 0 bridgehead atoms. The van der Waals surface area contributed by atoms with Crippen molar-refractivity contribution in [2.45, 2.75) is 18.9 Å². The monoisotopic (exact) mass is 207 g/mol. The second-order valence-corrected chi connectivity index (χ2v) is 3.31. The Morgan fingerprint density at radius 2 is 2.38 bits per heavy atom. The van der Waals surface area contributed by atoms with E-state index in [0.717, 1.165) is 19.4 Å². The summed E-state index contributed by atoms with van der Waals surface area (Å²) < 4.78 is 9.27. The number of rotatable bonds is 3. The molecule has 1 fully saturated rings. The third-order valence-corrected chi connectivity index (χ3v) is 2.35. The summed E-state index contributed by atoms with van der Waals surface area (Å²) in [5.74, 6) is 0. The normalized spacial score (nSPS) is 23.1. The van der Waals surface area contributed by atoms with E-state index >= 15 is 0 Å². The number of nitrogens with zero attached hydrogens (tertiary/aromatic N) is 1. The van der Waals surface area contributed by atoms with Crippen LogP contribution in [0.25, 0.3) is 0 Å². The molecule has 0 aromatic rings. The van der Waals surface area contributed by atoms with Crippen LogP contribution in [0, 0.1) is 0 Å². The minimum Gasteiger partial charge on any atom is -0.433 e. The molecule has 1 rings (SSSR count). The summed E-state index contributed by atoms with van der Waals surface area (Å²) in [6, 6.07) is 0.183. The van der Waals surface area contributed by atoms with Crippen LogP contribution in [0.15, 0.2) is 0 Å². The van der Waals surface area contributed by atoms with Gasteiger partial charge in [0.15, 0.2) is 6.07 Å². The van der Waals surface area contributed by atoms with Crippen molar-refractivity contribution in [2.75, 3.05) is 26.3 Å².